The van der Waals surface area contributed by atoms with Gasteiger partial charge in [-0.1, -0.05) is 34.1 Å². The van der Waals surface area contributed by atoms with Gasteiger partial charge in [-0.15, -0.1) is 0 Å². The molecule has 2 fully saturated rings. The molecule has 0 spiro atoms. The molecule has 0 aromatic carbocycles. The topological polar surface area (TPSA) is 15.3 Å². The molecule has 112 valence electrons. The molecule has 0 aliphatic carbocycles. The van der Waals surface area contributed by atoms with E-state index in [9.17, 15) is 0 Å². The maximum Gasteiger partial charge on any atom is 0.0121 e. The molecule has 2 heteroatoms. The normalized spacial score (nSPS) is 33.6. The fraction of sp³-hybridized carbons (Fsp3) is 1.00. The SMILES string of the molecule is CCCNC1CC2CCCC(C1)N2C(CC)C(C)C. The number of nitrogens with zero attached hydrogens (tertiary/aromatic N) is 1. The van der Waals surface area contributed by atoms with Crippen LogP contribution in [0.5, 0.6) is 0 Å². The van der Waals surface area contributed by atoms with E-state index in [0.29, 0.717) is 0 Å². The van der Waals surface area contributed by atoms with Gasteiger partial charge in [0.25, 0.3) is 0 Å². The molecular formula is C17H34N2. The highest BCUT2D eigenvalue weighted by Gasteiger charge is 2.41. The highest BCUT2D eigenvalue weighted by atomic mass is 15.2. The minimum absolute atomic E-state index is 0.788. The Hall–Kier alpha value is -0.0800. The van der Waals surface area contributed by atoms with E-state index < -0.39 is 0 Å². The minimum atomic E-state index is 0.788. The molecule has 3 atom stereocenters. The number of nitrogens with one attached hydrogen (secondary N) is 1. The maximum absolute atomic E-state index is 3.78. The molecule has 2 bridgehead atoms. The molecule has 0 aromatic rings. The van der Waals surface area contributed by atoms with Crippen LogP contribution in [0.4, 0.5) is 0 Å². The first-order valence-electron chi connectivity index (χ1n) is 8.68. The minimum Gasteiger partial charge on any atom is -0.314 e. The largest absolute Gasteiger partial charge is 0.314 e. The zero-order chi connectivity index (χ0) is 13.8. The first-order valence-corrected chi connectivity index (χ1v) is 8.68. The number of hydrogen-bond acceptors (Lipinski definition) is 2. The van der Waals surface area contributed by atoms with E-state index in [1.54, 1.807) is 0 Å². The fourth-order valence-corrected chi connectivity index (χ4v) is 4.50. The predicted molar refractivity (Wildman–Crippen MR) is 83.5 cm³/mol. The van der Waals surface area contributed by atoms with Crippen molar-refractivity contribution in [2.75, 3.05) is 6.54 Å². The summed E-state index contributed by atoms with van der Waals surface area (Å²) in [5.74, 6) is 0.799. The summed E-state index contributed by atoms with van der Waals surface area (Å²) in [6.07, 6.45) is 9.69. The number of fused-ring (bicyclic) bond motifs is 2. The summed E-state index contributed by atoms with van der Waals surface area (Å²) in [7, 11) is 0. The van der Waals surface area contributed by atoms with Gasteiger partial charge in [0.05, 0.1) is 0 Å². The lowest BCUT2D eigenvalue weighted by Crippen LogP contribution is -2.60. The van der Waals surface area contributed by atoms with Crippen LogP contribution in [0.15, 0.2) is 0 Å². The lowest BCUT2D eigenvalue weighted by Gasteiger charge is -2.53. The summed E-state index contributed by atoms with van der Waals surface area (Å²) < 4.78 is 0. The molecule has 0 radical (unpaired) electrons. The van der Waals surface area contributed by atoms with E-state index in [0.717, 1.165) is 30.1 Å². The summed E-state index contributed by atoms with van der Waals surface area (Å²) in [6.45, 7) is 10.7. The molecule has 1 N–H and O–H groups in total. The number of hydrogen-bond donors (Lipinski definition) is 1. The van der Waals surface area contributed by atoms with Crippen LogP contribution >= 0.6 is 0 Å². The van der Waals surface area contributed by atoms with E-state index in [4.69, 9.17) is 0 Å². The molecule has 2 rings (SSSR count). The Bertz CT molecular complexity index is 250. The Balaban J connectivity index is 2.02. The van der Waals surface area contributed by atoms with E-state index >= 15 is 0 Å². The van der Waals surface area contributed by atoms with Crippen LogP contribution in [0.25, 0.3) is 0 Å². The standard InChI is InChI=1S/C17H34N2/c1-5-10-18-14-11-15-8-7-9-16(12-14)19(15)17(6-2)13(3)4/h13-18H,5-12H2,1-4H3. The Morgan fingerprint density at radius 3 is 2.21 bits per heavy atom. The van der Waals surface area contributed by atoms with Gasteiger partial charge in [0.15, 0.2) is 0 Å². The molecule has 0 amide bonds. The molecule has 2 nitrogen and oxygen atoms in total. The third-order valence-electron chi connectivity index (χ3n) is 5.28. The van der Waals surface area contributed by atoms with Gasteiger partial charge < -0.3 is 5.32 Å². The van der Waals surface area contributed by atoms with Gasteiger partial charge in [-0.25, -0.2) is 0 Å². The molecule has 2 saturated heterocycles. The molecule has 2 heterocycles. The summed E-state index contributed by atoms with van der Waals surface area (Å²) >= 11 is 0. The predicted octanol–water partition coefficient (Wildman–Crippen LogP) is 3.81. The van der Waals surface area contributed by atoms with Crippen molar-refractivity contribution in [2.45, 2.75) is 96.8 Å². The second-order valence-electron chi connectivity index (χ2n) is 7.03. The lowest BCUT2D eigenvalue weighted by atomic mass is 9.79. The van der Waals surface area contributed by atoms with Crippen molar-refractivity contribution in [3.63, 3.8) is 0 Å². The third kappa shape index (κ3) is 3.52. The summed E-state index contributed by atoms with van der Waals surface area (Å²) in [5, 5.41) is 3.78. The summed E-state index contributed by atoms with van der Waals surface area (Å²) in [6, 6.07) is 3.31. The second kappa shape index (κ2) is 7.08. The number of piperidine rings is 2. The van der Waals surface area contributed by atoms with Gasteiger partial charge in [0.1, 0.15) is 0 Å². The smallest absolute Gasteiger partial charge is 0.0121 e. The van der Waals surface area contributed by atoms with Crippen molar-refractivity contribution >= 4 is 0 Å². The van der Waals surface area contributed by atoms with Gasteiger partial charge >= 0.3 is 0 Å². The third-order valence-corrected chi connectivity index (χ3v) is 5.28. The van der Waals surface area contributed by atoms with Gasteiger partial charge in [-0.05, 0) is 51.0 Å². The van der Waals surface area contributed by atoms with Crippen LogP contribution in [-0.2, 0) is 0 Å². The number of rotatable bonds is 6. The molecule has 2 aliphatic heterocycles. The van der Waals surface area contributed by atoms with Crippen LogP contribution < -0.4 is 5.32 Å². The van der Waals surface area contributed by atoms with Crippen molar-refractivity contribution in [1.29, 1.82) is 0 Å². The van der Waals surface area contributed by atoms with Crippen molar-refractivity contribution in [2.24, 2.45) is 5.92 Å². The van der Waals surface area contributed by atoms with Crippen molar-refractivity contribution < 1.29 is 0 Å². The van der Waals surface area contributed by atoms with Gasteiger partial charge in [-0.3, -0.25) is 4.90 Å². The molecule has 19 heavy (non-hydrogen) atoms. The van der Waals surface area contributed by atoms with Crippen LogP contribution in [-0.4, -0.2) is 35.6 Å². The van der Waals surface area contributed by atoms with Gasteiger partial charge in [-0.2, -0.15) is 0 Å². The molecule has 0 saturated carbocycles. The average molecular weight is 266 g/mol. The quantitative estimate of drug-likeness (QED) is 0.786. The first-order chi connectivity index (χ1) is 9.17. The van der Waals surface area contributed by atoms with Crippen LogP contribution in [0.2, 0.25) is 0 Å². The van der Waals surface area contributed by atoms with Gasteiger partial charge in [0.2, 0.25) is 0 Å². The molecule has 2 aliphatic rings. The van der Waals surface area contributed by atoms with Crippen LogP contribution in [0.3, 0.4) is 0 Å². The fourth-order valence-electron chi connectivity index (χ4n) is 4.50. The van der Waals surface area contributed by atoms with E-state index in [1.165, 1.54) is 51.5 Å². The molecule has 3 unspecified atom stereocenters. The van der Waals surface area contributed by atoms with Crippen molar-refractivity contribution in [3.8, 4) is 0 Å². The molecule has 0 aromatic heterocycles. The Morgan fingerprint density at radius 2 is 1.74 bits per heavy atom. The zero-order valence-electron chi connectivity index (χ0n) is 13.5. The summed E-state index contributed by atoms with van der Waals surface area (Å²) in [4.78, 5) is 2.93. The molecular weight excluding hydrogens is 232 g/mol. The van der Waals surface area contributed by atoms with Crippen molar-refractivity contribution in [3.05, 3.63) is 0 Å². The summed E-state index contributed by atoms with van der Waals surface area (Å²) in [5.41, 5.74) is 0. The average Bonchev–Trinajstić information content (AvgIpc) is 2.36. The lowest BCUT2D eigenvalue weighted by molar-refractivity contribution is -0.0266. The monoisotopic (exact) mass is 266 g/mol. The second-order valence-corrected chi connectivity index (χ2v) is 7.03. The van der Waals surface area contributed by atoms with E-state index in [-0.39, 0.29) is 0 Å². The highest BCUT2D eigenvalue weighted by Crippen LogP contribution is 2.37. The van der Waals surface area contributed by atoms with Crippen LogP contribution in [0.1, 0.15) is 72.6 Å². The van der Waals surface area contributed by atoms with Gasteiger partial charge in [0, 0.05) is 24.2 Å². The van der Waals surface area contributed by atoms with Crippen molar-refractivity contribution in [1.82, 2.24) is 10.2 Å². The Kier molecular flexibility index (Phi) is 5.70. The highest BCUT2D eigenvalue weighted by molar-refractivity contribution is 4.98. The maximum atomic E-state index is 3.78. The van der Waals surface area contributed by atoms with E-state index in [1.807, 2.05) is 0 Å². The Labute approximate surface area is 120 Å². The zero-order valence-corrected chi connectivity index (χ0v) is 13.5. The first kappa shape index (κ1) is 15.3. The van der Waals surface area contributed by atoms with E-state index in [2.05, 4.69) is 37.9 Å². The Morgan fingerprint density at radius 1 is 1.11 bits per heavy atom. The van der Waals surface area contributed by atoms with Crippen LogP contribution in [0, 0.1) is 5.92 Å².